The van der Waals surface area contributed by atoms with Gasteiger partial charge in [-0.3, -0.25) is 9.59 Å². The van der Waals surface area contributed by atoms with Gasteiger partial charge in [0.2, 0.25) is 5.88 Å². The first kappa shape index (κ1) is 18.5. The number of para-hydroxylation sites is 1. The standard InChI is InChI=1S/C22H24N2O4/c1-2-27-20-17(8-5-12-23-20)21(26)24-13-6-10-22(11-14-24)15-18(25)16-7-3-4-9-19(16)28-22/h3-5,7-9,12H,2,6,10-11,13-15H2,1H3. The molecular formula is C22H24N2O4. The Kier molecular flexibility index (Phi) is 5.03. The Labute approximate surface area is 164 Å². The van der Waals surface area contributed by atoms with Crippen molar-refractivity contribution in [1.82, 2.24) is 9.88 Å². The monoisotopic (exact) mass is 380 g/mol. The minimum Gasteiger partial charge on any atom is -0.486 e. The third-order valence-corrected chi connectivity index (χ3v) is 5.46. The highest BCUT2D eigenvalue weighted by Gasteiger charge is 2.42. The second-order valence-electron chi connectivity index (χ2n) is 7.32. The van der Waals surface area contributed by atoms with Crippen molar-refractivity contribution in [3.8, 4) is 11.6 Å². The molecule has 2 aliphatic heterocycles. The number of amides is 1. The van der Waals surface area contributed by atoms with Crippen molar-refractivity contribution in [2.75, 3.05) is 19.7 Å². The van der Waals surface area contributed by atoms with Gasteiger partial charge in [0.15, 0.2) is 5.78 Å². The van der Waals surface area contributed by atoms with Crippen LogP contribution in [0.25, 0.3) is 0 Å². The Morgan fingerprint density at radius 3 is 2.93 bits per heavy atom. The maximum atomic E-state index is 13.1. The molecule has 0 saturated carbocycles. The summed E-state index contributed by atoms with van der Waals surface area (Å²) in [6, 6.07) is 10.9. The molecule has 3 heterocycles. The van der Waals surface area contributed by atoms with E-state index in [1.54, 1.807) is 18.3 Å². The van der Waals surface area contributed by atoms with Gasteiger partial charge in [0.05, 0.1) is 18.6 Å². The average molecular weight is 380 g/mol. The zero-order chi connectivity index (χ0) is 19.6. The van der Waals surface area contributed by atoms with Gasteiger partial charge in [-0.25, -0.2) is 4.98 Å². The van der Waals surface area contributed by atoms with E-state index in [4.69, 9.17) is 9.47 Å². The number of ether oxygens (including phenoxy) is 2. The van der Waals surface area contributed by atoms with Crippen LogP contribution in [0, 0.1) is 0 Å². The molecule has 1 aromatic carbocycles. The van der Waals surface area contributed by atoms with Crippen LogP contribution in [0.5, 0.6) is 11.6 Å². The molecule has 0 bridgehead atoms. The van der Waals surface area contributed by atoms with E-state index in [1.807, 2.05) is 36.1 Å². The fourth-order valence-electron chi connectivity index (χ4n) is 4.07. The van der Waals surface area contributed by atoms with Gasteiger partial charge in [0, 0.05) is 25.7 Å². The minimum absolute atomic E-state index is 0.0869. The predicted octanol–water partition coefficient (Wildman–Crippen LogP) is 3.51. The maximum Gasteiger partial charge on any atom is 0.259 e. The van der Waals surface area contributed by atoms with Crippen molar-refractivity contribution < 1.29 is 19.1 Å². The van der Waals surface area contributed by atoms with Gasteiger partial charge in [-0.15, -0.1) is 0 Å². The van der Waals surface area contributed by atoms with Gasteiger partial charge >= 0.3 is 0 Å². The van der Waals surface area contributed by atoms with E-state index in [0.29, 0.717) is 55.3 Å². The summed E-state index contributed by atoms with van der Waals surface area (Å²) in [6.07, 6.45) is 4.15. The third kappa shape index (κ3) is 3.46. The molecule has 2 aliphatic rings. The Morgan fingerprint density at radius 1 is 1.21 bits per heavy atom. The number of ketones is 1. The van der Waals surface area contributed by atoms with Crippen LogP contribution >= 0.6 is 0 Å². The van der Waals surface area contributed by atoms with Crippen LogP contribution < -0.4 is 9.47 Å². The Morgan fingerprint density at radius 2 is 2.07 bits per heavy atom. The molecule has 1 fully saturated rings. The number of rotatable bonds is 3. The average Bonchev–Trinajstić information content (AvgIpc) is 2.90. The van der Waals surface area contributed by atoms with Gasteiger partial charge in [-0.2, -0.15) is 0 Å². The van der Waals surface area contributed by atoms with Crippen molar-refractivity contribution in [3.63, 3.8) is 0 Å². The van der Waals surface area contributed by atoms with E-state index >= 15 is 0 Å². The summed E-state index contributed by atoms with van der Waals surface area (Å²) < 4.78 is 11.8. The highest BCUT2D eigenvalue weighted by atomic mass is 16.5. The number of Topliss-reactive ketones (excluding diaryl/α,β-unsaturated/α-hetero) is 1. The van der Waals surface area contributed by atoms with Gasteiger partial charge in [0.1, 0.15) is 16.9 Å². The molecule has 0 radical (unpaired) electrons. The molecule has 1 atom stereocenters. The van der Waals surface area contributed by atoms with Crippen LogP contribution in [0.15, 0.2) is 42.6 Å². The highest BCUT2D eigenvalue weighted by molar-refractivity contribution is 6.00. The normalized spacial score (nSPS) is 21.6. The minimum atomic E-state index is -0.530. The molecule has 1 aromatic heterocycles. The van der Waals surface area contributed by atoms with Crippen molar-refractivity contribution in [1.29, 1.82) is 0 Å². The molecule has 0 aliphatic carbocycles. The first-order valence-corrected chi connectivity index (χ1v) is 9.80. The number of hydrogen-bond acceptors (Lipinski definition) is 5. The zero-order valence-electron chi connectivity index (χ0n) is 16.0. The van der Waals surface area contributed by atoms with Crippen LogP contribution in [0.2, 0.25) is 0 Å². The van der Waals surface area contributed by atoms with Gasteiger partial charge in [0.25, 0.3) is 5.91 Å². The lowest BCUT2D eigenvalue weighted by Crippen LogP contribution is -2.43. The number of aromatic nitrogens is 1. The molecule has 4 rings (SSSR count). The number of pyridine rings is 1. The fourth-order valence-corrected chi connectivity index (χ4v) is 4.07. The molecule has 6 heteroatoms. The molecule has 1 amide bonds. The number of carbonyl (C=O) groups excluding carboxylic acids is 2. The first-order chi connectivity index (χ1) is 13.6. The van der Waals surface area contributed by atoms with Crippen LogP contribution in [0.3, 0.4) is 0 Å². The summed E-state index contributed by atoms with van der Waals surface area (Å²) in [7, 11) is 0. The van der Waals surface area contributed by atoms with Crippen LogP contribution in [-0.2, 0) is 0 Å². The molecule has 0 N–H and O–H groups in total. The second-order valence-corrected chi connectivity index (χ2v) is 7.32. The van der Waals surface area contributed by atoms with Gasteiger partial charge < -0.3 is 14.4 Å². The Balaban J connectivity index is 1.52. The SMILES string of the molecule is CCOc1ncccc1C(=O)N1CCCC2(CC1)CC(=O)c1ccccc1O2. The lowest BCUT2D eigenvalue weighted by atomic mass is 9.84. The maximum absolute atomic E-state index is 13.1. The summed E-state index contributed by atoms with van der Waals surface area (Å²) >= 11 is 0. The summed E-state index contributed by atoms with van der Waals surface area (Å²) in [6.45, 7) is 3.48. The van der Waals surface area contributed by atoms with Crippen molar-refractivity contribution in [3.05, 3.63) is 53.7 Å². The lowest BCUT2D eigenvalue weighted by molar-refractivity contribution is 0.0300. The summed E-state index contributed by atoms with van der Waals surface area (Å²) in [5.74, 6) is 1.06. The summed E-state index contributed by atoms with van der Waals surface area (Å²) in [5, 5.41) is 0. The van der Waals surface area contributed by atoms with E-state index in [-0.39, 0.29) is 11.7 Å². The van der Waals surface area contributed by atoms with E-state index in [0.717, 1.165) is 12.8 Å². The molecule has 28 heavy (non-hydrogen) atoms. The van der Waals surface area contributed by atoms with Crippen molar-refractivity contribution >= 4 is 11.7 Å². The number of fused-ring (bicyclic) bond motifs is 1. The molecule has 2 aromatic rings. The van der Waals surface area contributed by atoms with E-state index in [2.05, 4.69) is 4.98 Å². The topological polar surface area (TPSA) is 68.7 Å². The van der Waals surface area contributed by atoms with E-state index in [1.165, 1.54) is 0 Å². The molecular weight excluding hydrogens is 356 g/mol. The number of nitrogens with zero attached hydrogens (tertiary/aromatic N) is 2. The number of likely N-dealkylation sites (tertiary alicyclic amines) is 1. The van der Waals surface area contributed by atoms with E-state index in [9.17, 15) is 9.59 Å². The van der Waals surface area contributed by atoms with E-state index < -0.39 is 5.60 Å². The molecule has 1 spiro atoms. The number of carbonyl (C=O) groups is 2. The molecule has 1 saturated heterocycles. The summed E-state index contributed by atoms with van der Waals surface area (Å²) in [5.41, 5.74) is 0.603. The van der Waals surface area contributed by atoms with Crippen LogP contribution in [-0.4, -0.2) is 46.9 Å². The van der Waals surface area contributed by atoms with Crippen molar-refractivity contribution in [2.45, 2.75) is 38.2 Å². The van der Waals surface area contributed by atoms with Crippen LogP contribution in [0.1, 0.15) is 53.3 Å². The largest absolute Gasteiger partial charge is 0.486 e. The van der Waals surface area contributed by atoms with Gasteiger partial charge in [-0.05, 0) is 44.0 Å². The quantitative estimate of drug-likeness (QED) is 0.815. The molecule has 6 nitrogen and oxygen atoms in total. The first-order valence-electron chi connectivity index (χ1n) is 9.80. The molecule has 1 unspecified atom stereocenters. The number of benzene rings is 1. The Bertz CT molecular complexity index is 898. The lowest BCUT2D eigenvalue weighted by Gasteiger charge is -2.37. The fraction of sp³-hybridized carbons (Fsp3) is 0.409. The van der Waals surface area contributed by atoms with Gasteiger partial charge in [-0.1, -0.05) is 12.1 Å². The second kappa shape index (κ2) is 7.62. The zero-order valence-corrected chi connectivity index (χ0v) is 16.0. The highest BCUT2D eigenvalue weighted by Crippen LogP contribution is 2.39. The molecule has 146 valence electrons. The predicted molar refractivity (Wildman–Crippen MR) is 104 cm³/mol. The number of hydrogen-bond donors (Lipinski definition) is 0. The Hall–Kier alpha value is -2.89. The smallest absolute Gasteiger partial charge is 0.259 e. The third-order valence-electron chi connectivity index (χ3n) is 5.46. The summed E-state index contributed by atoms with van der Waals surface area (Å²) in [4.78, 5) is 31.7. The van der Waals surface area contributed by atoms with Crippen LogP contribution in [0.4, 0.5) is 0 Å². The van der Waals surface area contributed by atoms with Crippen molar-refractivity contribution in [2.24, 2.45) is 0 Å².